The molecule has 0 spiro atoms. The van der Waals surface area contributed by atoms with Crippen LogP contribution >= 0.6 is 0 Å². The number of amides is 2. The number of carbonyl (C=O) groups is 1. The highest BCUT2D eigenvalue weighted by atomic mass is 16.5. The van der Waals surface area contributed by atoms with Crippen molar-refractivity contribution in [1.29, 1.82) is 0 Å². The van der Waals surface area contributed by atoms with E-state index in [0.717, 1.165) is 5.39 Å². The monoisotopic (exact) mass is 236 g/mol. The Bertz CT molecular complexity index is 504. The number of hydrogen-bond donors (Lipinski definition) is 3. The van der Waals surface area contributed by atoms with Gasteiger partial charge in [0, 0.05) is 5.39 Å². The van der Waals surface area contributed by atoms with Gasteiger partial charge >= 0.3 is 6.03 Å². The van der Waals surface area contributed by atoms with E-state index < -0.39 is 12.1 Å². The van der Waals surface area contributed by atoms with Gasteiger partial charge in [-0.2, -0.15) is 5.06 Å². The predicted octanol–water partition coefficient (Wildman–Crippen LogP) is 2.28. The molecule has 0 aliphatic rings. The number of carbonyl (C=O) groups excluding carboxylic acids is 1. The maximum absolute atomic E-state index is 11.0. The molecule has 0 bridgehead atoms. The number of hydrogen-bond acceptors (Lipinski definition) is 4. The van der Waals surface area contributed by atoms with E-state index in [2.05, 4.69) is 0 Å². The Hall–Kier alpha value is -2.05. The lowest BCUT2D eigenvalue weighted by Crippen LogP contribution is -2.37. The SMILES string of the molecule is CC(c1cc2ccccc2o1)N(O)C(=O)NO. The minimum absolute atomic E-state index is 0.359. The van der Waals surface area contributed by atoms with Crippen molar-refractivity contribution in [2.45, 2.75) is 13.0 Å². The third-order valence-electron chi connectivity index (χ3n) is 2.53. The first kappa shape index (κ1) is 11.4. The number of benzene rings is 1. The van der Waals surface area contributed by atoms with E-state index >= 15 is 0 Å². The van der Waals surface area contributed by atoms with Gasteiger partial charge in [-0.25, -0.2) is 10.3 Å². The van der Waals surface area contributed by atoms with Gasteiger partial charge in [0.1, 0.15) is 17.4 Å². The van der Waals surface area contributed by atoms with Crippen LogP contribution in [0, 0.1) is 0 Å². The largest absolute Gasteiger partial charge is 0.459 e. The van der Waals surface area contributed by atoms with E-state index in [1.54, 1.807) is 19.1 Å². The van der Waals surface area contributed by atoms with Crippen LogP contribution in [0.4, 0.5) is 4.79 Å². The number of rotatable bonds is 2. The van der Waals surface area contributed by atoms with Crippen molar-refractivity contribution in [2.75, 3.05) is 0 Å². The van der Waals surface area contributed by atoms with Crippen LogP contribution in [0.15, 0.2) is 34.7 Å². The highest BCUT2D eigenvalue weighted by molar-refractivity contribution is 5.78. The molecule has 2 amide bonds. The Morgan fingerprint density at radius 3 is 2.82 bits per heavy atom. The predicted molar refractivity (Wildman–Crippen MR) is 58.6 cm³/mol. The molecule has 6 heteroatoms. The molecule has 1 atom stereocenters. The topological polar surface area (TPSA) is 85.9 Å². The maximum Gasteiger partial charge on any atom is 0.365 e. The van der Waals surface area contributed by atoms with Crippen LogP contribution in [-0.4, -0.2) is 21.5 Å². The van der Waals surface area contributed by atoms with Crippen molar-refractivity contribution in [3.63, 3.8) is 0 Å². The van der Waals surface area contributed by atoms with Crippen LogP contribution in [0.1, 0.15) is 18.7 Å². The summed E-state index contributed by atoms with van der Waals surface area (Å²) in [7, 11) is 0. The Morgan fingerprint density at radius 2 is 2.18 bits per heavy atom. The lowest BCUT2D eigenvalue weighted by Gasteiger charge is -2.19. The summed E-state index contributed by atoms with van der Waals surface area (Å²) in [6.07, 6.45) is 0. The third-order valence-corrected chi connectivity index (χ3v) is 2.53. The molecular weight excluding hydrogens is 224 g/mol. The van der Waals surface area contributed by atoms with Crippen LogP contribution in [0.25, 0.3) is 11.0 Å². The Labute approximate surface area is 97.0 Å². The maximum atomic E-state index is 11.0. The molecule has 1 heterocycles. The number of nitrogens with zero attached hydrogens (tertiary/aromatic N) is 1. The first-order valence-electron chi connectivity index (χ1n) is 5.04. The van der Waals surface area contributed by atoms with E-state index in [1.165, 1.54) is 5.48 Å². The molecule has 90 valence electrons. The molecule has 0 aliphatic heterocycles. The Morgan fingerprint density at radius 1 is 1.47 bits per heavy atom. The smallest absolute Gasteiger partial charge is 0.365 e. The molecular formula is C11H12N2O4. The van der Waals surface area contributed by atoms with Gasteiger partial charge in [-0.15, -0.1) is 0 Å². The van der Waals surface area contributed by atoms with Crippen LogP contribution in [0.3, 0.4) is 0 Å². The summed E-state index contributed by atoms with van der Waals surface area (Å²) in [5.41, 5.74) is 2.02. The highest BCUT2D eigenvalue weighted by Gasteiger charge is 2.22. The second-order valence-corrected chi connectivity index (χ2v) is 3.62. The Balaban J connectivity index is 2.30. The second-order valence-electron chi connectivity index (χ2n) is 3.62. The van der Waals surface area contributed by atoms with Gasteiger partial charge in [0.05, 0.1) is 0 Å². The van der Waals surface area contributed by atoms with E-state index in [0.29, 0.717) is 16.4 Å². The second kappa shape index (κ2) is 4.44. The van der Waals surface area contributed by atoms with Gasteiger partial charge in [0.2, 0.25) is 0 Å². The van der Waals surface area contributed by atoms with Gasteiger partial charge in [0.15, 0.2) is 0 Å². The number of nitrogens with one attached hydrogen (secondary N) is 1. The van der Waals surface area contributed by atoms with E-state index in [-0.39, 0.29) is 0 Å². The zero-order valence-electron chi connectivity index (χ0n) is 9.12. The van der Waals surface area contributed by atoms with Crippen molar-refractivity contribution in [1.82, 2.24) is 10.5 Å². The summed E-state index contributed by atoms with van der Waals surface area (Å²) < 4.78 is 5.48. The number of urea groups is 1. The zero-order valence-corrected chi connectivity index (χ0v) is 9.12. The molecule has 6 nitrogen and oxygen atoms in total. The molecule has 0 fully saturated rings. The molecule has 0 saturated carbocycles. The molecule has 0 radical (unpaired) electrons. The average molecular weight is 236 g/mol. The van der Waals surface area contributed by atoms with Crippen LogP contribution in [-0.2, 0) is 0 Å². The molecule has 17 heavy (non-hydrogen) atoms. The van der Waals surface area contributed by atoms with Crippen LogP contribution in [0.2, 0.25) is 0 Å². The zero-order chi connectivity index (χ0) is 12.4. The summed E-state index contributed by atoms with van der Waals surface area (Å²) in [6, 6.07) is 7.37. The quantitative estimate of drug-likeness (QED) is 0.551. The van der Waals surface area contributed by atoms with Crippen molar-refractivity contribution >= 4 is 17.0 Å². The standard InChI is InChI=1S/C11H12N2O4/c1-7(13(16)11(14)12-15)10-6-8-4-2-3-5-9(8)17-10/h2-7,15-16H,1H3,(H,12,14). The normalized spacial score (nSPS) is 12.4. The number of hydroxylamine groups is 3. The molecule has 2 aromatic rings. The fourth-order valence-electron chi connectivity index (χ4n) is 1.56. The summed E-state index contributed by atoms with van der Waals surface area (Å²) >= 11 is 0. The van der Waals surface area contributed by atoms with Crippen LogP contribution < -0.4 is 5.48 Å². The van der Waals surface area contributed by atoms with Crippen molar-refractivity contribution in [3.8, 4) is 0 Å². The molecule has 0 saturated heterocycles. The Kier molecular flexibility index (Phi) is 2.99. The van der Waals surface area contributed by atoms with Gasteiger partial charge in [-0.3, -0.25) is 10.4 Å². The molecule has 2 rings (SSSR count). The van der Waals surface area contributed by atoms with E-state index in [9.17, 15) is 10.0 Å². The van der Waals surface area contributed by atoms with Gasteiger partial charge < -0.3 is 4.42 Å². The average Bonchev–Trinajstić information content (AvgIpc) is 2.79. The van der Waals surface area contributed by atoms with Crippen molar-refractivity contribution in [3.05, 3.63) is 36.1 Å². The summed E-state index contributed by atoms with van der Waals surface area (Å²) in [6.45, 7) is 1.58. The lowest BCUT2D eigenvalue weighted by molar-refractivity contribution is -0.0888. The van der Waals surface area contributed by atoms with Crippen molar-refractivity contribution < 1.29 is 19.6 Å². The van der Waals surface area contributed by atoms with Gasteiger partial charge in [0.25, 0.3) is 0 Å². The first-order chi connectivity index (χ1) is 8.13. The molecule has 1 aromatic carbocycles. The van der Waals surface area contributed by atoms with Gasteiger partial charge in [-0.05, 0) is 19.1 Å². The van der Waals surface area contributed by atoms with E-state index in [1.807, 2.05) is 18.2 Å². The molecule has 0 aliphatic carbocycles. The molecule has 1 aromatic heterocycles. The number of para-hydroxylation sites is 1. The third kappa shape index (κ3) is 2.08. The van der Waals surface area contributed by atoms with Crippen LogP contribution in [0.5, 0.6) is 0 Å². The number of furan rings is 1. The molecule has 3 N–H and O–H groups in total. The summed E-state index contributed by atoms with van der Waals surface area (Å²) in [5.74, 6) is 0.428. The van der Waals surface area contributed by atoms with E-state index in [4.69, 9.17) is 9.62 Å². The summed E-state index contributed by atoms with van der Waals surface area (Å²) in [4.78, 5) is 11.0. The highest BCUT2D eigenvalue weighted by Crippen LogP contribution is 2.26. The minimum atomic E-state index is -1.02. The van der Waals surface area contributed by atoms with Crippen molar-refractivity contribution in [2.24, 2.45) is 0 Å². The first-order valence-corrected chi connectivity index (χ1v) is 5.04. The van der Waals surface area contributed by atoms with Gasteiger partial charge in [-0.1, -0.05) is 18.2 Å². The fraction of sp³-hybridized carbons (Fsp3) is 0.182. The molecule has 1 unspecified atom stereocenters. The lowest BCUT2D eigenvalue weighted by atomic mass is 10.2. The minimum Gasteiger partial charge on any atom is -0.459 e. The number of fused-ring (bicyclic) bond motifs is 1. The fourth-order valence-corrected chi connectivity index (χ4v) is 1.56. The summed E-state index contributed by atoms with van der Waals surface area (Å²) in [5, 5.41) is 19.1.